The van der Waals surface area contributed by atoms with Crippen LogP contribution in [0.1, 0.15) is 59.6 Å². The number of hydrogen-bond donors (Lipinski definition) is 1. The number of benzene rings is 2. The van der Waals surface area contributed by atoms with Gasteiger partial charge >= 0.3 is 5.97 Å². The third-order valence-corrected chi connectivity index (χ3v) is 9.43. The summed E-state index contributed by atoms with van der Waals surface area (Å²) in [4.78, 5) is 28.2. The van der Waals surface area contributed by atoms with Crippen LogP contribution in [0.4, 0.5) is 5.69 Å². The predicted molar refractivity (Wildman–Crippen MR) is 143 cm³/mol. The van der Waals surface area contributed by atoms with Crippen LogP contribution in [0, 0.1) is 0 Å². The van der Waals surface area contributed by atoms with Gasteiger partial charge in [0.2, 0.25) is 10.0 Å². The van der Waals surface area contributed by atoms with Crippen molar-refractivity contribution in [3.05, 3.63) is 59.2 Å². The zero-order chi connectivity index (χ0) is 26.5. The number of hydrogen-bond acceptors (Lipinski definition) is 7. The lowest BCUT2D eigenvalue weighted by Gasteiger charge is -2.31. The van der Waals surface area contributed by atoms with Crippen molar-refractivity contribution < 1.29 is 27.5 Å². The number of amides is 1. The van der Waals surface area contributed by atoms with Gasteiger partial charge in [-0.25, -0.2) is 13.2 Å². The van der Waals surface area contributed by atoms with Crippen LogP contribution < -0.4 is 10.2 Å². The average Bonchev–Trinajstić information content (AvgIpc) is 2.96. The Kier molecular flexibility index (Phi) is 8.30. The highest BCUT2D eigenvalue weighted by molar-refractivity contribution is 7.89. The molecule has 2 fully saturated rings. The van der Waals surface area contributed by atoms with E-state index in [1.165, 1.54) is 15.9 Å². The first kappa shape index (κ1) is 26.6. The van der Waals surface area contributed by atoms with Gasteiger partial charge in [0.05, 0.1) is 35.4 Å². The van der Waals surface area contributed by atoms with Gasteiger partial charge in [0.15, 0.2) is 6.61 Å². The van der Waals surface area contributed by atoms with Gasteiger partial charge in [-0.05, 0) is 67.9 Å². The Labute approximate surface area is 224 Å². The maximum absolute atomic E-state index is 13.3. The van der Waals surface area contributed by atoms with Crippen LogP contribution in [0.5, 0.6) is 0 Å². The number of carbonyl (C=O) groups excluding carboxylic acids is 2. The standard InChI is InChI=1S/C28H35N3O6S/c32-27(29-25-10-6-8-21-7-2-3-9-23(21)25)20-37-28(33)24-19-22(38(34,35)31-15-17-36-18-16-31)11-12-26(24)30-13-4-1-5-14-30/h2-3,7,9,11-12,19,25H,1,4-6,8,10,13-18,20H2,(H,29,32). The molecule has 204 valence electrons. The zero-order valence-electron chi connectivity index (χ0n) is 21.6. The first-order valence-electron chi connectivity index (χ1n) is 13.4. The molecule has 2 aromatic rings. The van der Waals surface area contributed by atoms with Crippen LogP contribution in [0.25, 0.3) is 0 Å². The highest BCUT2D eigenvalue weighted by Crippen LogP contribution is 2.30. The molecule has 1 unspecified atom stereocenters. The number of ether oxygens (including phenoxy) is 2. The van der Waals surface area contributed by atoms with E-state index >= 15 is 0 Å². The van der Waals surface area contributed by atoms with Crippen LogP contribution in [0.2, 0.25) is 0 Å². The maximum Gasteiger partial charge on any atom is 0.340 e. The van der Waals surface area contributed by atoms with E-state index in [2.05, 4.69) is 16.3 Å². The molecule has 2 aromatic carbocycles. The second kappa shape index (κ2) is 11.8. The van der Waals surface area contributed by atoms with Gasteiger partial charge < -0.3 is 19.7 Å². The summed E-state index contributed by atoms with van der Waals surface area (Å²) in [5.74, 6) is -1.08. The molecule has 9 nitrogen and oxygen atoms in total. The highest BCUT2D eigenvalue weighted by atomic mass is 32.2. The number of anilines is 1. The van der Waals surface area contributed by atoms with Gasteiger partial charge in [-0.2, -0.15) is 4.31 Å². The summed E-state index contributed by atoms with van der Waals surface area (Å²) in [6.45, 7) is 2.31. The molecule has 2 saturated heterocycles. The number of aryl methyl sites for hydroxylation is 1. The van der Waals surface area contributed by atoms with E-state index in [1.807, 2.05) is 18.2 Å². The molecule has 10 heteroatoms. The molecule has 5 rings (SSSR count). The van der Waals surface area contributed by atoms with Gasteiger partial charge in [0.1, 0.15) is 0 Å². The summed E-state index contributed by atoms with van der Waals surface area (Å²) in [6, 6.07) is 12.6. The third kappa shape index (κ3) is 5.87. The molecule has 2 heterocycles. The van der Waals surface area contributed by atoms with E-state index < -0.39 is 22.6 Å². The topological polar surface area (TPSA) is 105 Å². The fraction of sp³-hybridized carbons (Fsp3) is 0.500. The molecule has 1 amide bonds. The molecule has 0 spiro atoms. The summed E-state index contributed by atoms with van der Waals surface area (Å²) in [6.07, 6.45) is 5.90. The number of sulfonamides is 1. The molecule has 2 aliphatic heterocycles. The van der Waals surface area contributed by atoms with Gasteiger partial charge in [0, 0.05) is 26.2 Å². The Morgan fingerprint density at radius 3 is 2.53 bits per heavy atom. The van der Waals surface area contributed by atoms with Crippen LogP contribution in [0.3, 0.4) is 0 Å². The number of morpholine rings is 1. The van der Waals surface area contributed by atoms with Crippen LogP contribution in [-0.4, -0.2) is 70.6 Å². The van der Waals surface area contributed by atoms with E-state index in [0.29, 0.717) is 18.9 Å². The second-order valence-electron chi connectivity index (χ2n) is 10.0. The normalized spacial score (nSPS) is 20.4. The van der Waals surface area contributed by atoms with Crippen LogP contribution in [0.15, 0.2) is 47.4 Å². The number of piperidine rings is 1. The van der Waals surface area contributed by atoms with E-state index in [-0.39, 0.29) is 35.5 Å². The number of rotatable bonds is 7. The van der Waals surface area contributed by atoms with Crippen molar-refractivity contribution in [2.24, 2.45) is 0 Å². The predicted octanol–water partition coefficient (Wildman–Crippen LogP) is 3.05. The second-order valence-corrected chi connectivity index (χ2v) is 12.0. The van der Waals surface area contributed by atoms with Crippen molar-refractivity contribution in [1.29, 1.82) is 0 Å². The van der Waals surface area contributed by atoms with Crippen molar-refractivity contribution in [3.63, 3.8) is 0 Å². The lowest BCUT2D eigenvalue weighted by atomic mass is 9.88. The van der Waals surface area contributed by atoms with Crippen LogP contribution in [-0.2, 0) is 30.7 Å². The van der Waals surface area contributed by atoms with E-state index in [1.54, 1.807) is 12.1 Å². The van der Waals surface area contributed by atoms with Gasteiger partial charge in [-0.15, -0.1) is 0 Å². The fourth-order valence-electron chi connectivity index (χ4n) is 5.53. The summed E-state index contributed by atoms with van der Waals surface area (Å²) < 4.78 is 38.7. The van der Waals surface area contributed by atoms with Crippen molar-refractivity contribution >= 4 is 27.6 Å². The first-order chi connectivity index (χ1) is 18.4. The Balaban J connectivity index is 1.32. The number of fused-ring (bicyclic) bond motifs is 1. The van der Waals surface area contributed by atoms with Crippen molar-refractivity contribution in [2.75, 3.05) is 50.9 Å². The molecule has 1 atom stereocenters. The molecule has 38 heavy (non-hydrogen) atoms. The molecule has 1 aliphatic carbocycles. The molecule has 0 bridgehead atoms. The summed E-state index contributed by atoms with van der Waals surface area (Å²) in [5.41, 5.74) is 3.13. The minimum Gasteiger partial charge on any atom is -0.452 e. The molecule has 0 aromatic heterocycles. The average molecular weight is 542 g/mol. The Hall–Kier alpha value is -2.95. The first-order valence-corrected chi connectivity index (χ1v) is 14.9. The van der Waals surface area contributed by atoms with Gasteiger partial charge in [0.25, 0.3) is 5.91 Å². The summed E-state index contributed by atoms with van der Waals surface area (Å²) in [5, 5.41) is 3.00. The number of esters is 1. The van der Waals surface area contributed by atoms with Crippen molar-refractivity contribution in [2.45, 2.75) is 49.5 Å². The summed E-state index contributed by atoms with van der Waals surface area (Å²) in [7, 11) is -3.80. The number of nitrogens with one attached hydrogen (secondary N) is 1. The molecular weight excluding hydrogens is 506 g/mol. The minimum absolute atomic E-state index is 0.0374. The SMILES string of the molecule is O=C(COC(=O)c1cc(S(=O)(=O)N2CCOCC2)ccc1N1CCCCC1)NC1CCCc2ccccc21. The molecule has 0 saturated carbocycles. The van der Waals surface area contributed by atoms with E-state index in [9.17, 15) is 18.0 Å². The smallest absolute Gasteiger partial charge is 0.340 e. The van der Waals surface area contributed by atoms with E-state index in [4.69, 9.17) is 9.47 Å². The molecule has 1 N–H and O–H groups in total. The minimum atomic E-state index is -3.80. The number of nitrogens with zero attached hydrogens (tertiary/aromatic N) is 2. The van der Waals surface area contributed by atoms with Gasteiger partial charge in [-0.1, -0.05) is 24.3 Å². The van der Waals surface area contributed by atoms with Crippen LogP contribution >= 0.6 is 0 Å². The fourth-order valence-corrected chi connectivity index (χ4v) is 6.97. The quantitative estimate of drug-likeness (QED) is 0.537. The molecular formula is C28H35N3O6S. The van der Waals surface area contributed by atoms with Crippen molar-refractivity contribution in [3.8, 4) is 0 Å². The highest BCUT2D eigenvalue weighted by Gasteiger charge is 2.30. The number of carbonyl (C=O) groups is 2. The van der Waals surface area contributed by atoms with Crippen molar-refractivity contribution in [1.82, 2.24) is 9.62 Å². The molecule has 3 aliphatic rings. The Morgan fingerprint density at radius 2 is 1.74 bits per heavy atom. The molecule has 0 radical (unpaired) electrons. The monoisotopic (exact) mass is 541 g/mol. The third-order valence-electron chi connectivity index (χ3n) is 7.53. The lowest BCUT2D eigenvalue weighted by molar-refractivity contribution is -0.125. The van der Waals surface area contributed by atoms with E-state index in [0.717, 1.165) is 57.2 Å². The Bertz CT molecular complexity index is 1270. The summed E-state index contributed by atoms with van der Waals surface area (Å²) >= 11 is 0. The Morgan fingerprint density at radius 1 is 0.974 bits per heavy atom. The maximum atomic E-state index is 13.3. The lowest BCUT2D eigenvalue weighted by Crippen LogP contribution is -2.40. The zero-order valence-corrected chi connectivity index (χ0v) is 22.4. The largest absolute Gasteiger partial charge is 0.452 e. The van der Waals surface area contributed by atoms with Gasteiger partial charge in [-0.3, -0.25) is 4.79 Å².